The van der Waals surface area contributed by atoms with Crippen molar-refractivity contribution < 1.29 is 13.2 Å². The normalized spacial score (nSPS) is 28.6. The molecule has 0 saturated carbocycles. The summed E-state index contributed by atoms with van der Waals surface area (Å²) in [5, 5.41) is 6.89. The Kier molecular flexibility index (Phi) is 6.41. The predicted octanol–water partition coefficient (Wildman–Crippen LogP) is 1.96. The molecule has 8 heteroatoms. The largest absolute Gasteiger partial charge is 0.373 e. The molecule has 0 aliphatic carbocycles. The Morgan fingerprint density at radius 2 is 1.93 bits per heavy atom. The average molecular weight is 421 g/mol. The van der Waals surface area contributed by atoms with Gasteiger partial charge in [-0.1, -0.05) is 18.2 Å². The molecule has 3 heterocycles. The maximum Gasteiger partial charge on any atom is 0.243 e. The van der Waals surface area contributed by atoms with Gasteiger partial charge in [0.05, 0.1) is 23.1 Å². The van der Waals surface area contributed by atoms with Gasteiger partial charge in [-0.25, -0.2) is 8.42 Å². The topological polar surface area (TPSA) is 83.0 Å². The first-order chi connectivity index (χ1) is 14.1. The first kappa shape index (κ1) is 20.6. The Hall–Kier alpha value is -1.64. The van der Waals surface area contributed by atoms with E-state index in [0.29, 0.717) is 42.2 Å². The number of guanidine groups is 1. The molecular formula is C21H32N4O3S. The molecule has 0 spiro atoms. The monoisotopic (exact) mass is 420 g/mol. The summed E-state index contributed by atoms with van der Waals surface area (Å²) in [5.74, 6) is 1.26. The number of sulfonamides is 1. The molecule has 1 aromatic rings. The van der Waals surface area contributed by atoms with Crippen molar-refractivity contribution >= 4 is 16.0 Å². The van der Waals surface area contributed by atoms with Crippen molar-refractivity contribution in [2.75, 3.05) is 26.2 Å². The molecule has 3 fully saturated rings. The van der Waals surface area contributed by atoms with Gasteiger partial charge in [0.1, 0.15) is 0 Å². The zero-order valence-electron chi connectivity index (χ0n) is 17.1. The molecule has 3 unspecified atom stereocenters. The smallest absolute Gasteiger partial charge is 0.243 e. The van der Waals surface area contributed by atoms with E-state index in [1.807, 2.05) is 6.07 Å². The van der Waals surface area contributed by atoms with Crippen molar-refractivity contribution in [3.63, 3.8) is 0 Å². The molecule has 160 valence electrons. The number of hydrogen-bond donors (Lipinski definition) is 2. The summed E-state index contributed by atoms with van der Waals surface area (Å²) in [6.07, 6.45) is 5.78. The lowest BCUT2D eigenvalue weighted by Crippen LogP contribution is -2.47. The number of rotatable bonds is 6. The van der Waals surface area contributed by atoms with Gasteiger partial charge < -0.3 is 15.4 Å². The lowest BCUT2D eigenvalue weighted by Gasteiger charge is -2.30. The first-order valence-corrected chi connectivity index (χ1v) is 12.3. The minimum absolute atomic E-state index is 0.315. The quantitative estimate of drug-likeness (QED) is 0.543. The Labute approximate surface area is 174 Å². The lowest BCUT2D eigenvalue weighted by molar-refractivity contribution is 0.0992. The van der Waals surface area contributed by atoms with Crippen LogP contribution in [0.4, 0.5) is 0 Å². The van der Waals surface area contributed by atoms with Crippen molar-refractivity contribution in [2.24, 2.45) is 10.9 Å². The Morgan fingerprint density at radius 1 is 1.17 bits per heavy atom. The fraction of sp³-hybridized carbons (Fsp3) is 0.667. The fourth-order valence-electron chi connectivity index (χ4n) is 4.58. The molecule has 4 rings (SSSR count). The highest BCUT2D eigenvalue weighted by Crippen LogP contribution is 2.34. The molecule has 3 aliphatic rings. The number of piperidine rings is 1. The van der Waals surface area contributed by atoms with Crippen LogP contribution >= 0.6 is 0 Å². The van der Waals surface area contributed by atoms with Gasteiger partial charge in [-0.3, -0.25) is 4.99 Å². The van der Waals surface area contributed by atoms with E-state index in [2.05, 4.69) is 17.6 Å². The van der Waals surface area contributed by atoms with Gasteiger partial charge in [0.2, 0.25) is 10.0 Å². The van der Waals surface area contributed by atoms with Gasteiger partial charge in [0.25, 0.3) is 0 Å². The van der Waals surface area contributed by atoms with Gasteiger partial charge in [0.15, 0.2) is 5.96 Å². The predicted molar refractivity (Wildman–Crippen MR) is 113 cm³/mol. The van der Waals surface area contributed by atoms with Crippen molar-refractivity contribution in [1.82, 2.24) is 14.9 Å². The standard InChI is InChI=1S/C21H32N4O3S/c1-2-22-21(24-19-14-17-8-9-20(19)28-17)23-15-16-10-12-25(13-11-16)29(26,27)18-6-4-3-5-7-18/h3-7,16-17,19-20H,2,8-15H2,1H3,(H2,22,23,24). The van der Waals surface area contributed by atoms with Crippen LogP contribution in [0.15, 0.2) is 40.2 Å². The van der Waals surface area contributed by atoms with Crippen LogP contribution in [-0.2, 0) is 14.8 Å². The van der Waals surface area contributed by atoms with Gasteiger partial charge in [0, 0.05) is 26.2 Å². The van der Waals surface area contributed by atoms with E-state index >= 15 is 0 Å². The van der Waals surface area contributed by atoms with E-state index in [1.165, 1.54) is 6.42 Å². The molecule has 2 bridgehead atoms. The van der Waals surface area contributed by atoms with Gasteiger partial charge in [-0.2, -0.15) is 4.31 Å². The van der Waals surface area contributed by atoms with E-state index in [0.717, 1.165) is 44.7 Å². The molecule has 2 N–H and O–H groups in total. The number of nitrogens with one attached hydrogen (secondary N) is 2. The maximum absolute atomic E-state index is 12.8. The van der Waals surface area contributed by atoms with Crippen molar-refractivity contribution in [2.45, 2.75) is 62.2 Å². The van der Waals surface area contributed by atoms with Crippen LogP contribution in [-0.4, -0.2) is 63.1 Å². The van der Waals surface area contributed by atoms with Crippen molar-refractivity contribution in [3.05, 3.63) is 30.3 Å². The van der Waals surface area contributed by atoms with Crippen LogP contribution in [0.2, 0.25) is 0 Å². The van der Waals surface area contributed by atoms with Crippen LogP contribution in [0.25, 0.3) is 0 Å². The summed E-state index contributed by atoms with van der Waals surface area (Å²) in [5.41, 5.74) is 0. The Balaban J connectivity index is 1.30. The van der Waals surface area contributed by atoms with Crippen LogP contribution < -0.4 is 10.6 Å². The van der Waals surface area contributed by atoms with Crippen LogP contribution in [0.5, 0.6) is 0 Å². The van der Waals surface area contributed by atoms with E-state index in [4.69, 9.17) is 9.73 Å². The van der Waals surface area contributed by atoms with Gasteiger partial charge >= 0.3 is 0 Å². The number of nitrogens with zero attached hydrogens (tertiary/aromatic N) is 2. The van der Waals surface area contributed by atoms with Crippen molar-refractivity contribution in [3.8, 4) is 0 Å². The summed E-state index contributed by atoms with van der Waals surface area (Å²) in [7, 11) is -3.39. The maximum atomic E-state index is 12.8. The van der Waals surface area contributed by atoms with Crippen molar-refractivity contribution in [1.29, 1.82) is 0 Å². The number of aliphatic imine (C=N–C) groups is 1. The third kappa shape index (κ3) is 4.75. The highest BCUT2D eigenvalue weighted by molar-refractivity contribution is 7.89. The Morgan fingerprint density at radius 3 is 2.55 bits per heavy atom. The number of ether oxygens (including phenoxy) is 1. The zero-order chi connectivity index (χ0) is 20.3. The second-order valence-electron chi connectivity index (χ2n) is 8.24. The molecule has 3 saturated heterocycles. The molecule has 0 amide bonds. The number of hydrogen-bond acceptors (Lipinski definition) is 4. The molecule has 0 aromatic heterocycles. The van der Waals surface area contributed by atoms with E-state index in [1.54, 1.807) is 28.6 Å². The zero-order valence-corrected chi connectivity index (χ0v) is 17.9. The molecular weight excluding hydrogens is 388 g/mol. The van der Waals surface area contributed by atoms with Crippen LogP contribution in [0.1, 0.15) is 39.0 Å². The lowest BCUT2D eigenvalue weighted by atomic mass is 9.96. The highest BCUT2D eigenvalue weighted by Gasteiger charge is 2.41. The SMILES string of the molecule is CCNC(=NCC1CCN(S(=O)(=O)c2ccccc2)CC1)NC1CC2CCC1O2. The second-order valence-corrected chi connectivity index (χ2v) is 10.2. The highest BCUT2D eigenvalue weighted by atomic mass is 32.2. The summed E-state index contributed by atoms with van der Waals surface area (Å²) >= 11 is 0. The van der Waals surface area contributed by atoms with E-state index in [9.17, 15) is 8.42 Å². The molecule has 0 radical (unpaired) electrons. The third-order valence-electron chi connectivity index (χ3n) is 6.23. The van der Waals surface area contributed by atoms with E-state index < -0.39 is 10.0 Å². The van der Waals surface area contributed by atoms with Gasteiger partial charge in [-0.15, -0.1) is 0 Å². The molecule has 3 aliphatic heterocycles. The third-order valence-corrected chi connectivity index (χ3v) is 8.15. The summed E-state index contributed by atoms with van der Waals surface area (Å²) < 4.78 is 33.1. The summed E-state index contributed by atoms with van der Waals surface area (Å²) in [6.45, 7) is 4.72. The summed E-state index contributed by atoms with van der Waals surface area (Å²) in [4.78, 5) is 5.18. The van der Waals surface area contributed by atoms with E-state index in [-0.39, 0.29) is 0 Å². The van der Waals surface area contributed by atoms with Crippen LogP contribution in [0, 0.1) is 5.92 Å². The second kappa shape index (κ2) is 9.02. The number of fused-ring (bicyclic) bond motifs is 2. The Bertz CT molecular complexity index is 806. The molecule has 1 aromatic carbocycles. The fourth-order valence-corrected chi connectivity index (χ4v) is 6.07. The van der Waals surface area contributed by atoms with Gasteiger partial charge in [-0.05, 0) is 57.1 Å². The minimum atomic E-state index is -3.39. The first-order valence-electron chi connectivity index (χ1n) is 10.8. The molecule has 3 atom stereocenters. The number of benzene rings is 1. The average Bonchev–Trinajstić information content (AvgIpc) is 3.36. The van der Waals surface area contributed by atoms with Crippen LogP contribution in [0.3, 0.4) is 0 Å². The summed E-state index contributed by atoms with van der Waals surface area (Å²) in [6, 6.07) is 9.06. The molecule has 7 nitrogen and oxygen atoms in total. The minimum Gasteiger partial charge on any atom is -0.373 e. The molecule has 29 heavy (non-hydrogen) atoms.